The van der Waals surface area contributed by atoms with Crippen LogP contribution in [0.3, 0.4) is 0 Å². The van der Waals surface area contributed by atoms with E-state index in [0.29, 0.717) is 6.61 Å². The van der Waals surface area contributed by atoms with E-state index in [-0.39, 0.29) is 22.7 Å². The van der Waals surface area contributed by atoms with Crippen molar-refractivity contribution in [2.75, 3.05) is 19.0 Å². The third kappa shape index (κ3) is 3.82. The predicted octanol–water partition coefficient (Wildman–Crippen LogP) is 2.66. The molecule has 2 rings (SSSR count). The number of rotatable bonds is 5. The first-order valence-electron chi connectivity index (χ1n) is 6.83. The second-order valence-corrected chi connectivity index (χ2v) is 4.43. The van der Waals surface area contributed by atoms with Crippen molar-refractivity contribution in [2.45, 2.75) is 6.92 Å². The molecule has 0 spiro atoms. The Balaban J connectivity index is 2.28. The van der Waals surface area contributed by atoms with Gasteiger partial charge in [0.25, 0.3) is 5.91 Å². The van der Waals surface area contributed by atoms with Crippen LogP contribution >= 0.6 is 0 Å². The van der Waals surface area contributed by atoms with Crippen molar-refractivity contribution in [3.05, 3.63) is 53.5 Å². The van der Waals surface area contributed by atoms with Gasteiger partial charge in [-0.25, -0.2) is 14.2 Å². The lowest BCUT2D eigenvalue weighted by atomic mass is 10.2. The Morgan fingerprint density at radius 3 is 2.78 bits per heavy atom. The lowest BCUT2D eigenvalue weighted by Gasteiger charge is -2.10. The fraction of sp³-hybridized carbons (Fsp3) is 0.188. The average Bonchev–Trinajstić information content (AvgIpc) is 2.57. The molecule has 0 saturated heterocycles. The van der Waals surface area contributed by atoms with Crippen molar-refractivity contribution in [2.24, 2.45) is 0 Å². The molecule has 1 amide bonds. The first kappa shape index (κ1) is 16.4. The number of carbonyl (C=O) groups excluding carboxylic acids is 2. The molecule has 120 valence electrons. The summed E-state index contributed by atoms with van der Waals surface area (Å²) in [6, 6.07) is 6.63. The fourth-order valence-electron chi connectivity index (χ4n) is 1.87. The van der Waals surface area contributed by atoms with Crippen LogP contribution in [-0.4, -0.2) is 30.6 Å². The molecule has 0 unspecified atom stereocenters. The number of nitrogens with zero attached hydrogens (tertiary/aromatic N) is 1. The molecule has 0 fully saturated rings. The lowest BCUT2D eigenvalue weighted by molar-refractivity contribution is 0.0600. The number of hydrogen-bond donors (Lipinski definition) is 1. The van der Waals surface area contributed by atoms with Gasteiger partial charge in [0.15, 0.2) is 0 Å². The number of esters is 1. The van der Waals surface area contributed by atoms with Gasteiger partial charge in [-0.1, -0.05) is 0 Å². The Morgan fingerprint density at radius 2 is 2.09 bits per heavy atom. The van der Waals surface area contributed by atoms with Crippen LogP contribution in [0.25, 0.3) is 0 Å². The molecule has 6 nitrogen and oxygen atoms in total. The maximum Gasteiger partial charge on any atom is 0.337 e. The van der Waals surface area contributed by atoms with Crippen molar-refractivity contribution in [1.29, 1.82) is 0 Å². The quantitative estimate of drug-likeness (QED) is 0.858. The van der Waals surface area contributed by atoms with Gasteiger partial charge in [-0.2, -0.15) is 0 Å². The largest absolute Gasteiger partial charge is 0.477 e. The molecule has 0 radical (unpaired) electrons. The van der Waals surface area contributed by atoms with E-state index in [2.05, 4.69) is 15.0 Å². The Bertz CT molecular complexity index is 734. The highest BCUT2D eigenvalue weighted by atomic mass is 19.1. The van der Waals surface area contributed by atoms with E-state index in [1.54, 1.807) is 13.0 Å². The van der Waals surface area contributed by atoms with Crippen LogP contribution in [0.15, 0.2) is 36.5 Å². The third-order valence-electron chi connectivity index (χ3n) is 2.93. The zero-order valence-electron chi connectivity index (χ0n) is 12.6. The molecule has 1 aromatic heterocycles. The van der Waals surface area contributed by atoms with Gasteiger partial charge in [0.1, 0.15) is 11.4 Å². The lowest BCUT2D eigenvalue weighted by Crippen LogP contribution is -2.16. The number of hydrogen-bond acceptors (Lipinski definition) is 5. The van der Waals surface area contributed by atoms with E-state index < -0.39 is 17.7 Å². The number of benzene rings is 1. The van der Waals surface area contributed by atoms with Gasteiger partial charge in [0.05, 0.1) is 25.0 Å². The number of pyridine rings is 1. The molecule has 1 aromatic carbocycles. The van der Waals surface area contributed by atoms with Gasteiger partial charge in [0.2, 0.25) is 5.88 Å². The van der Waals surface area contributed by atoms with E-state index in [9.17, 15) is 14.0 Å². The van der Waals surface area contributed by atoms with Crippen molar-refractivity contribution >= 4 is 17.6 Å². The van der Waals surface area contributed by atoms with Gasteiger partial charge >= 0.3 is 5.97 Å². The maximum atomic E-state index is 13.8. The highest BCUT2D eigenvalue weighted by Gasteiger charge is 2.16. The van der Waals surface area contributed by atoms with Crippen LogP contribution < -0.4 is 10.1 Å². The highest BCUT2D eigenvalue weighted by molar-refractivity contribution is 6.06. The molecule has 2 aromatic rings. The van der Waals surface area contributed by atoms with Crippen molar-refractivity contribution in [3.8, 4) is 5.88 Å². The molecule has 0 aliphatic heterocycles. The smallest absolute Gasteiger partial charge is 0.337 e. The second-order valence-electron chi connectivity index (χ2n) is 4.43. The molecule has 1 heterocycles. The fourth-order valence-corrected chi connectivity index (χ4v) is 1.87. The predicted molar refractivity (Wildman–Crippen MR) is 81.1 cm³/mol. The van der Waals surface area contributed by atoms with E-state index in [1.165, 1.54) is 31.5 Å². The normalized spacial score (nSPS) is 10.0. The number of aromatic nitrogens is 1. The minimum atomic E-state index is -0.673. The number of anilines is 1. The SMILES string of the molecule is CCOc1ncccc1C(=O)Nc1cc(C(=O)OC)ccc1F. The molecular formula is C16H15FN2O4. The summed E-state index contributed by atoms with van der Waals surface area (Å²) in [5, 5.41) is 2.40. The van der Waals surface area contributed by atoms with Gasteiger partial charge in [-0.15, -0.1) is 0 Å². The summed E-state index contributed by atoms with van der Waals surface area (Å²) in [5.74, 6) is -1.75. The summed E-state index contributed by atoms with van der Waals surface area (Å²) >= 11 is 0. The minimum Gasteiger partial charge on any atom is -0.477 e. The summed E-state index contributed by atoms with van der Waals surface area (Å²) in [4.78, 5) is 27.7. The topological polar surface area (TPSA) is 77.5 Å². The highest BCUT2D eigenvalue weighted by Crippen LogP contribution is 2.20. The van der Waals surface area contributed by atoms with Crippen LogP contribution in [-0.2, 0) is 4.74 Å². The average molecular weight is 318 g/mol. The number of methoxy groups -OCH3 is 1. The molecule has 0 atom stereocenters. The van der Waals surface area contributed by atoms with Crippen LogP contribution in [0.4, 0.5) is 10.1 Å². The van der Waals surface area contributed by atoms with E-state index >= 15 is 0 Å². The van der Waals surface area contributed by atoms with Gasteiger partial charge in [-0.05, 0) is 37.3 Å². The molecule has 1 N–H and O–H groups in total. The first-order chi connectivity index (χ1) is 11.1. The van der Waals surface area contributed by atoms with E-state index in [1.807, 2.05) is 0 Å². The monoisotopic (exact) mass is 318 g/mol. The first-order valence-corrected chi connectivity index (χ1v) is 6.83. The van der Waals surface area contributed by atoms with E-state index in [0.717, 1.165) is 6.07 Å². The summed E-state index contributed by atoms with van der Waals surface area (Å²) in [6.45, 7) is 2.10. The second kappa shape index (κ2) is 7.35. The van der Waals surface area contributed by atoms with E-state index in [4.69, 9.17) is 4.74 Å². The van der Waals surface area contributed by atoms with Gasteiger partial charge < -0.3 is 14.8 Å². The number of nitrogens with one attached hydrogen (secondary N) is 1. The number of carbonyl (C=O) groups is 2. The third-order valence-corrected chi connectivity index (χ3v) is 2.93. The Labute approximate surface area is 132 Å². The number of halogens is 1. The Kier molecular flexibility index (Phi) is 5.24. The van der Waals surface area contributed by atoms with Gasteiger partial charge in [-0.3, -0.25) is 4.79 Å². The molecule has 0 aliphatic rings. The summed E-state index contributed by atoms with van der Waals surface area (Å²) in [7, 11) is 1.22. The van der Waals surface area contributed by atoms with Crippen molar-refractivity contribution < 1.29 is 23.5 Å². The number of ether oxygens (including phenoxy) is 2. The molecule has 23 heavy (non-hydrogen) atoms. The molecule has 0 aliphatic carbocycles. The molecule has 7 heteroatoms. The molecule has 0 bridgehead atoms. The molecular weight excluding hydrogens is 303 g/mol. The molecule has 0 saturated carbocycles. The van der Waals surface area contributed by atoms with Crippen LogP contribution in [0.5, 0.6) is 5.88 Å². The standard InChI is InChI=1S/C16H15FN2O4/c1-3-23-15-11(5-4-8-18-15)14(20)19-13-9-10(16(21)22-2)6-7-12(13)17/h4-9H,3H2,1-2H3,(H,19,20). The number of amides is 1. The van der Waals surface area contributed by atoms with Crippen LogP contribution in [0.1, 0.15) is 27.6 Å². The van der Waals surface area contributed by atoms with Crippen LogP contribution in [0, 0.1) is 5.82 Å². The van der Waals surface area contributed by atoms with Crippen molar-refractivity contribution in [3.63, 3.8) is 0 Å². The van der Waals surface area contributed by atoms with Crippen molar-refractivity contribution in [1.82, 2.24) is 4.98 Å². The summed E-state index contributed by atoms with van der Waals surface area (Å²) in [6.07, 6.45) is 1.49. The Hall–Kier alpha value is -2.96. The van der Waals surface area contributed by atoms with Gasteiger partial charge in [0, 0.05) is 6.20 Å². The zero-order valence-corrected chi connectivity index (χ0v) is 12.6. The minimum absolute atomic E-state index is 0.125. The zero-order chi connectivity index (χ0) is 16.8. The maximum absolute atomic E-state index is 13.8. The Morgan fingerprint density at radius 1 is 1.30 bits per heavy atom. The summed E-state index contributed by atoms with van der Waals surface area (Å²) < 4.78 is 23.7. The summed E-state index contributed by atoms with van der Waals surface area (Å²) in [5.41, 5.74) is 0.154. The van der Waals surface area contributed by atoms with Crippen LogP contribution in [0.2, 0.25) is 0 Å².